The average Bonchev–Trinajstić information content (AvgIpc) is 2.83. The van der Waals surface area contributed by atoms with Gasteiger partial charge in [0.05, 0.1) is 28.6 Å². The van der Waals surface area contributed by atoms with Crippen molar-refractivity contribution in [2.45, 2.75) is 36.9 Å². The topological polar surface area (TPSA) is 144 Å². The fourth-order valence-corrected chi connectivity index (χ4v) is 4.07. The Morgan fingerprint density at radius 2 is 1.76 bits per heavy atom. The van der Waals surface area contributed by atoms with Gasteiger partial charge in [0.2, 0.25) is 0 Å². The van der Waals surface area contributed by atoms with Crippen LogP contribution in [0.2, 0.25) is 0 Å². The zero-order chi connectivity index (χ0) is 23.5. The lowest BCUT2D eigenvalue weighted by Crippen LogP contribution is -2.65. The van der Waals surface area contributed by atoms with E-state index in [0.717, 1.165) is 11.6 Å². The van der Waals surface area contributed by atoms with Crippen molar-refractivity contribution in [2.75, 3.05) is 26.1 Å². The summed E-state index contributed by atoms with van der Waals surface area (Å²) < 4.78 is 29.1. The molecule has 0 radical (unpaired) electrons. The van der Waals surface area contributed by atoms with Crippen LogP contribution in [-0.2, 0) is 23.7 Å². The molecule has 2 aromatic carbocycles. The molecule has 2 heterocycles. The number of nitrogens with zero attached hydrogens (tertiary/aromatic N) is 2. The van der Waals surface area contributed by atoms with Crippen LogP contribution < -0.4 is 5.32 Å². The fraction of sp³-hybridized carbons (Fsp3) is 0.429. The Balaban J connectivity index is 1.68. The number of nitrogens with one attached hydrogen (secondary N) is 1. The zero-order valence-electron chi connectivity index (χ0n) is 17.9. The molecule has 0 bridgehead atoms. The molecule has 12 heteroatoms. The van der Waals surface area contributed by atoms with Gasteiger partial charge in [-0.25, -0.2) is 0 Å². The third-order valence-corrected chi connectivity index (χ3v) is 5.63. The number of hydrogen-bond donors (Lipinski definition) is 1. The van der Waals surface area contributed by atoms with Crippen LogP contribution in [0.15, 0.2) is 48.5 Å². The van der Waals surface area contributed by atoms with Gasteiger partial charge in [-0.1, -0.05) is 30.3 Å². The fourth-order valence-electron chi connectivity index (χ4n) is 4.07. The molecular formula is C21H23N3O9. The maximum Gasteiger partial charge on any atom is 0.299 e. The predicted molar refractivity (Wildman–Crippen MR) is 114 cm³/mol. The van der Waals surface area contributed by atoms with Crippen molar-refractivity contribution in [3.63, 3.8) is 0 Å². The minimum Gasteiger partial charge on any atom is -0.374 e. The van der Waals surface area contributed by atoms with Crippen LogP contribution >= 0.6 is 0 Å². The Labute approximate surface area is 188 Å². The highest BCUT2D eigenvalue weighted by molar-refractivity contribution is 5.66. The Bertz CT molecular complexity index is 1010. The van der Waals surface area contributed by atoms with E-state index in [1.165, 1.54) is 26.4 Å². The second-order valence-corrected chi connectivity index (χ2v) is 7.54. The molecule has 0 amide bonds. The van der Waals surface area contributed by atoms with E-state index < -0.39 is 52.5 Å². The second kappa shape index (κ2) is 9.77. The van der Waals surface area contributed by atoms with Crippen molar-refractivity contribution in [2.24, 2.45) is 0 Å². The lowest BCUT2D eigenvalue weighted by molar-refractivity contribution is -0.393. The molecule has 2 saturated heterocycles. The Morgan fingerprint density at radius 1 is 1.00 bits per heavy atom. The van der Waals surface area contributed by atoms with Crippen LogP contribution in [0.1, 0.15) is 11.9 Å². The molecule has 2 aliphatic rings. The Hall–Kier alpha value is -3.16. The summed E-state index contributed by atoms with van der Waals surface area (Å²) in [6.07, 6.45) is -3.36. The van der Waals surface area contributed by atoms with Gasteiger partial charge in [-0.2, -0.15) is 0 Å². The first-order chi connectivity index (χ1) is 15.9. The van der Waals surface area contributed by atoms with Crippen LogP contribution in [-0.4, -0.2) is 61.3 Å². The molecule has 1 N–H and O–H groups in total. The molecule has 0 unspecified atom stereocenters. The van der Waals surface area contributed by atoms with Gasteiger partial charge in [0.1, 0.15) is 24.0 Å². The maximum absolute atomic E-state index is 11.6. The van der Waals surface area contributed by atoms with E-state index in [1.54, 1.807) is 0 Å². The molecule has 12 nitrogen and oxygen atoms in total. The molecule has 0 aromatic heterocycles. The summed E-state index contributed by atoms with van der Waals surface area (Å²) in [5, 5.41) is 25.8. The van der Waals surface area contributed by atoms with E-state index in [1.807, 2.05) is 30.3 Å². The quantitative estimate of drug-likeness (QED) is 0.482. The summed E-state index contributed by atoms with van der Waals surface area (Å²) in [7, 11) is 2.92. The van der Waals surface area contributed by atoms with Gasteiger partial charge in [0, 0.05) is 25.8 Å². The predicted octanol–water partition coefficient (Wildman–Crippen LogP) is 2.78. The van der Waals surface area contributed by atoms with Crippen molar-refractivity contribution >= 4 is 17.1 Å². The van der Waals surface area contributed by atoms with Gasteiger partial charge >= 0.3 is 0 Å². The van der Waals surface area contributed by atoms with Gasteiger partial charge in [-0.05, 0) is 6.07 Å². The second-order valence-electron chi connectivity index (χ2n) is 7.54. The van der Waals surface area contributed by atoms with E-state index >= 15 is 0 Å². The van der Waals surface area contributed by atoms with E-state index in [2.05, 4.69) is 5.32 Å². The molecule has 0 saturated carbocycles. The third-order valence-electron chi connectivity index (χ3n) is 5.63. The van der Waals surface area contributed by atoms with Crippen molar-refractivity contribution < 1.29 is 33.5 Å². The van der Waals surface area contributed by atoms with Gasteiger partial charge in [-0.3, -0.25) is 20.2 Å². The summed E-state index contributed by atoms with van der Waals surface area (Å²) in [6.45, 7) is 0.195. The van der Waals surface area contributed by atoms with Crippen molar-refractivity contribution in [3.8, 4) is 0 Å². The molecule has 4 rings (SSSR count). The van der Waals surface area contributed by atoms with Gasteiger partial charge < -0.3 is 29.0 Å². The lowest BCUT2D eigenvalue weighted by Gasteiger charge is -2.49. The lowest BCUT2D eigenvalue weighted by atomic mass is 9.94. The normalized spacial score (nSPS) is 29.2. The third kappa shape index (κ3) is 4.65. The highest BCUT2D eigenvalue weighted by atomic mass is 16.8. The minimum atomic E-state index is -0.800. The van der Waals surface area contributed by atoms with Crippen LogP contribution in [0.4, 0.5) is 17.1 Å². The van der Waals surface area contributed by atoms with E-state index in [0.29, 0.717) is 0 Å². The van der Waals surface area contributed by atoms with Gasteiger partial charge in [-0.15, -0.1) is 0 Å². The summed E-state index contributed by atoms with van der Waals surface area (Å²) in [6, 6.07) is 12.1. The van der Waals surface area contributed by atoms with Crippen LogP contribution in [0.5, 0.6) is 0 Å². The summed E-state index contributed by atoms with van der Waals surface area (Å²) in [5.74, 6) is 0. The zero-order valence-corrected chi connectivity index (χ0v) is 17.9. The van der Waals surface area contributed by atoms with Crippen LogP contribution in [0.3, 0.4) is 0 Å². The highest BCUT2D eigenvalue weighted by Crippen LogP contribution is 2.38. The molecule has 176 valence electrons. The number of fused-ring (bicyclic) bond motifs is 1. The van der Waals surface area contributed by atoms with E-state index in [-0.39, 0.29) is 18.0 Å². The molecular weight excluding hydrogens is 438 g/mol. The summed E-state index contributed by atoms with van der Waals surface area (Å²) >= 11 is 0. The minimum absolute atomic E-state index is 0.0829. The van der Waals surface area contributed by atoms with Crippen molar-refractivity contribution in [1.29, 1.82) is 0 Å². The molecule has 2 aliphatic heterocycles. The number of methoxy groups -OCH3 is 2. The Kier molecular flexibility index (Phi) is 6.81. The molecule has 33 heavy (non-hydrogen) atoms. The van der Waals surface area contributed by atoms with E-state index in [4.69, 9.17) is 23.7 Å². The number of rotatable bonds is 7. The van der Waals surface area contributed by atoms with Crippen molar-refractivity contribution in [1.82, 2.24) is 0 Å². The standard InChI is InChI=1S/C21H23N3O9/c1-29-19-17(22-14-9-8-13(23(25)26)10-15(14)24(27)28)18-16(32-21(19)30-2)11-31-20(33-18)12-6-4-3-5-7-12/h3-10,16-22H,11H2,1-2H3/t16-,17-,18-,19+,20-,21+/m1/s1. The maximum atomic E-state index is 11.6. The average molecular weight is 461 g/mol. The number of non-ortho nitro benzene ring substituents is 1. The van der Waals surface area contributed by atoms with Crippen LogP contribution in [0.25, 0.3) is 0 Å². The summed E-state index contributed by atoms with van der Waals surface area (Å²) in [5.41, 5.74) is 0.0581. The molecule has 0 aliphatic carbocycles. The SMILES string of the molecule is CO[C@H]1O[C@@H]2CO[C@@H](c3ccccc3)O[C@H]2[C@@H](Nc2ccc([N+](=O)[O-])cc2[N+](=O)[O-])[C@@H]1OC. The van der Waals surface area contributed by atoms with Gasteiger partial charge in [0.15, 0.2) is 12.6 Å². The largest absolute Gasteiger partial charge is 0.374 e. The number of benzene rings is 2. The first-order valence-corrected chi connectivity index (χ1v) is 10.2. The Morgan fingerprint density at radius 3 is 2.39 bits per heavy atom. The molecule has 0 spiro atoms. The molecule has 2 fully saturated rings. The molecule has 2 aromatic rings. The van der Waals surface area contributed by atoms with Gasteiger partial charge in [0.25, 0.3) is 11.4 Å². The number of nitro benzene ring substituents is 2. The number of anilines is 1. The number of nitro groups is 2. The smallest absolute Gasteiger partial charge is 0.299 e. The first-order valence-electron chi connectivity index (χ1n) is 10.2. The monoisotopic (exact) mass is 461 g/mol. The highest BCUT2D eigenvalue weighted by Gasteiger charge is 2.51. The van der Waals surface area contributed by atoms with Crippen molar-refractivity contribution in [3.05, 3.63) is 74.3 Å². The number of ether oxygens (including phenoxy) is 5. The molecule has 6 atom stereocenters. The first kappa shape index (κ1) is 23.0. The van der Waals surface area contributed by atoms with Crippen LogP contribution in [0, 0.1) is 20.2 Å². The summed E-state index contributed by atoms with van der Waals surface area (Å²) in [4.78, 5) is 21.4. The van der Waals surface area contributed by atoms with E-state index in [9.17, 15) is 20.2 Å². The number of hydrogen-bond acceptors (Lipinski definition) is 10.